The van der Waals surface area contributed by atoms with Crippen molar-refractivity contribution in [2.75, 3.05) is 20.2 Å². The van der Waals surface area contributed by atoms with Crippen LogP contribution in [0.1, 0.15) is 25.5 Å². The third-order valence-electron chi connectivity index (χ3n) is 2.91. The first-order valence-electron chi connectivity index (χ1n) is 5.53. The Balaban J connectivity index is 2.29. The van der Waals surface area contributed by atoms with E-state index in [4.69, 9.17) is 4.74 Å². The highest BCUT2D eigenvalue weighted by atomic mass is 19.1. The summed E-state index contributed by atoms with van der Waals surface area (Å²) in [6.45, 7) is 3.09. The molecule has 1 aliphatic heterocycles. The molecule has 4 nitrogen and oxygen atoms in total. The van der Waals surface area contributed by atoms with Crippen LogP contribution in [0.3, 0.4) is 0 Å². The van der Waals surface area contributed by atoms with Crippen LogP contribution in [0, 0.1) is 0 Å². The van der Waals surface area contributed by atoms with Gasteiger partial charge in [-0.2, -0.15) is 4.98 Å². The Kier molecular flexibility index (Phi) is 3.05. The van der Waals surface area contributed by atoms with Crippen LogP contribution in [-0.4, -0.2) is 35.1 Å². The van der Waals surface area contributed by atoms with Gasteiger partial charge in [0.15, 0.2) is 0 Å². The second kappa shape index (κ2) is 4.33. The summed E-state index contributed by atoms with van der Waals surface area (Å²) in [6.07, 6.45) is 2.87. The highest BCUT2D eigenvalue weighted by Crippen LogP contribution is 2.38. The quantitative estimate of drug-likeness (QED) is 0.734. The standard InChI is InChI=1S/C11H16FN3O/c1-3-16-10-13-7-5-9(14-10)11(12)6-4-8-15(11)2/h5,7H,3-4,6,8H2,1-2H3. The Morgan fingerprint density at radius 2 is 2.44 bits per heavy atom. The smallest absolute Gasteiger partial charge is 0.316 e. The molecule has 2 rings (SSSR count). The van der Waals surface area contributed by atoms with Crippen molar-refractivity contribution in [2.24, 2.45) is 0 Å². The van der Waals surface area contributed by atoms with Gasteiger partial charge in [-0.15, -0.1) is 0 Å². The molecule has 0 aromatic carbocycles. The van der Waals surface area contributed by atoms with Gasteiger partial charge in [0.1, 0.15) is 0 Å². The zero-order chi connectivity index (χ0) is 11.6. The van der Waals surface area contributed by atoms with Crippen LogP contribution < -0.4 is 4.74 Å². The maximum atomic E-state index is 14.6. The van der Waals surface area contributed by atoms with E-state index in [2.05, 4.69) is 9.97 Å². The van der Waals surface area contributed by atoms with Gasteiger partial charge in [0.2, 0.25) is 5.79 Å². The van der Waals surface area contributed by atoms with Crippen molar-refractivity contribution in [3.63, 3.8) is 0 Å². The molecule has 0 N–H and O–H groups in total. The average molecular weight is 225 g/mol. The van der Waals surface area contributed by atoms with Crippen molar-refractivity contribution >= 4 is 0 Å². The molecule has 0 bridgehead atoms. The van der Waals surface area contributed by atoms with E-state index in [-0.39, 0.29) is 6.01 Å². The first-order chi connectivity index (χ1) is 7.66. The van der Waals surface area contributed by atoms with Crippen molar-refractivity contribution in [2.45, 2.75) is 25.6 Å². The number of aromatic nitrogens is 2. The molecular weight excluding hydrogens is 209 g/mol. The molecule has 1 aliphatic rings. The van der Waals surface area contributed by atoms with Crippen molar-refractivity contribution < 1.29 is 9.13 Å². The van der Waals surface area contributed by atoms with Gasteiger partial charge in [-0.05, 0) is 26.5 Å². The zero-order valence-corrected chi connectivity index (χ0v) is 9.61. The molecule has 16 heavy (non-hydrogen) atoms. The van der Waals surface area contributed by atoms with E-state index < -0.39 is 5.79 Å². The first kappa shape index (κ1) is 11.3. The van der Waals surface area contributed by atoms with Crippen LogP contribution in [0.4, 0.5) is 4.39 Å². The molecule has 1 aromatic heterocycles. The Morgan fingerprint density at radius 1 is 1.62 bits per heavy atom. The lowest BCUT2D eigenvalue weighted by Gasteiger charge is -2.26. The number of alkyl halides is 1. The molecule has 0 saturated carbocycles. The van der Waals surface area contributed by atoms with E-state index in [1.54, 1.807) is 24.2 Å². The number of ether oxygens (including phenoxy) is 1. The topological polar surface area (TPSA) is 38.2 Å². The third-order valence-corrected chi connectivity index (χ3v) is 2.91. The summed E-state index contributed by atoms with van der Waals surface area (Å²) in [5, 5.41) is 0. The molecular formula is C11H16FN3O. The summed E-state index contributed by atoms with van der Waals surface area (Å²) in [5.74, 6) is -1.46. The van der Waals surface area contributed by atoms with Gasteiger partial charge in [-0.1, -0.05) is 0 Å². The van der Waals surface area contributed by atoms with Crippen molar-refractivity contribution in [1.29, 1.82) is 0 Å². The monoisotopic (exact) mass is 225 g/mol. The van der Waals surface area contributed by atoms with E-state index >= 15 is 0 Å². The molecule has 5 heteroatoms. The Labute approximate surface area is 94.5 Å². The predicted octanol–water partition coefficient (Wildman–Crippen LogP) is 1.72. The largest absolute Gasteiger partial charge is 0.464 e. The number of likely N-dealkylation sites (tertiary alicyclic amines) is 1. The lowest BCUT2D eigenvalue weighted by molar-refractivity contribution is 0.0112. The summed E-state index contributed by atoms with van der Waals surface area (Å²) in [6, 6.07) is 1.86. The SMILES string of the molecule is CCOc1nccc(C2(F)CCCN2C)n1. The number of hydrogen-bond acceptors (Lipinski definition) is 4. The van der Waals surface area contributed by atoms with Crippen LogP contribution in [0.25, 0.3) is 0 Å². The second-order valence-electron chi connectivity index (χ2n) is 3.94. The van der Waals surface area contributed by atoms with Crippen LogP contribution in [0.2, 0.25) is 0 Å². The highest BCUT2D eigenvalue weighted by Gasteiger charge is 2.42. The maximum absolute atomic E-state index is 14.6. The van der Waals surface area contributed by atoms with E-state index in [1.807, 2.05) is 6.92 Å². The number of nitrogens with zero attached hydrogens (tertiary/aromatic N) is 3. The van der Waals surface area contributed by atoms with Crippen LogP contribution in [0.15, 0.2) is 12.3 Å². The van der Waals surface area contributed by atoms with Gasteiger partial charge in [-0.25, -0.2) is 9.37 Å². The molecule has 0 spiro atoms. The second-order valence-corrected chi connectivity index (χ2v) is 3.94. The average Bonchev–Trinajstić information content (AvgIpc) is 2.62. The van der Waals surface area contributed by atoms with Crippen molar-refractivity contribution in [3.8, 4) is 6.01 Å². The Hall–Kier alpha value is -1.23. The van der Waals surface area contributed by atoms with Crippen molar-refractivity contribution in [1.82, 2.24) is 14.9 Å². The van der Waals surface area contributed by atoms with Crippen LogP contribution >= 0.6 is 0 Å². The van der Waals surface area contributed by atoms with E-state index in [0.29, 0.717) is 18.7 Å². The highest BCUT2D eigenvalue weighted by molar-refractivity contribution is 5.15. The number of hydrogen-bond donors (Lipinski definition) is 0. The number of halogens is 1. The molecule has 88 valence electrons. The Morgan fingerprint density at radius 3 is 3.06 bits per heavy atom. The van der Waals surface area contributed by atoms with Crippen molar-refractivity contribution in [3.05, 3.63) is 18.0 Å². The normalized spacial score (nSPS) is 25.9. The third kappa shape index (κ3) is 1.87. The molecule has 0 amide bonds. The van der Waals surface area contributed by atoms with Crippen LogP contribution in [-0.2, 0) is 5.79 Å². The fraction of sp³-hybridized carbons (Fsp3) is 0.636. The van der Waals surface area contributed by atoms with E-state index in [1.165, 1.54) is 0 Å². The molecule has 1 fully saturated rings. The minimum Gasteiger partial charge on any atom is -0.464 e. The number of rotatable bonds is 3. The molecule has 0 radical (unpaired) electrons. The molecule has 1 atom stereocenters. The Bertz CT molecular complexity index is 374. The fourth-order valence-corrected chi connectivity index (χ4v) is 1.99. The maximum Gasteiger partial charge on any atom is 0.316 e. The molecule has 1 aromatic rings. The summed E-state index contributed by atoms with van der Waals surface area (Å²) >= 11 is 0. The first-order valence-corrected chi connectivity index (χ1v) is 5.53. The predicted molar refractivity (Wildman–Crippen MR) is 57.9 cm³/mol. The van der Waals surface area contributed by atoms with E-state index in [0.717, 1.165) is 13.0 Å². The van der Waals surface area contributed by atoms with Gasteiger partial charge < -0.3 is 4.74 Å². The van der Waals surface area contributed by atoms with E-state index in [9.17, 15) is 4.39 Å². The summed E-state index contributed by atoms with van der Waals surface area (Å²) in [4.78, 5) is 9.74. The minimum absolute atomic E-state index is 0.248. The fourth-order valence-electron chi connectivity index (χ4n) is 1.99. The molecule has 0 aliphatic carbocycles. The lowest BCUT2D eigenvalue weighted by Crippen LogP contribution is -2.34. The van der Waals surface area contributed by atoms with Gasteiger partial charge in [-0.3, -0.25) is 4.90 Å². The minimum atomic E-state index is -1.46. The summed E-state index contributed by atoms with van der Waals surface area (Å²) in [5.41, 5.74) is 0.394. The zero-order valence-electron chi connectivity index (χ0n) is 9.61. The van der Waals surface area contributed by atoms with Gasteiger partial charge in [0.05, 0.1) is 12.3 Å². The molecule has 1 saturated heterocycles. The summed E-state index contributed by atoms with van der Waals surface area (Å²) in [7, 11) is 1.77. The summed E-state index contributed by atoms with van der Waals surface area (Å²) < 4.78 is 19.8. The van der Waals surface area contributed by atoms with Gasteiger partial charge >= 0.3 is 6.01 Å². The molecule has 2 heterocycles. The lowest BCUT2D eigenvalue weighted by atomic mass is 10.1. The van der Waals surface area contributed by atoms with Gasteiger partial charge in [0.25, 0.3) is 0 Å². The molecule has 1 unspecified atom stereocenters. The van der Waals surface area contributed by atoms with Gasteiger partial charge in [0, 0.05) is 19.2 Å². The van der Waals surface area contributed by atoms with Crippen LogP contribution in [0.5, 0.6) is 6.01 Å².